The van der Waals surface area contributed by atoms with Gasteiger partial charge in [-0.3, -0.25) is 4.79 Å². The second-order valence-corrected chi connectivity index (χ2v) is 9.09. The van der Waals surface area contributed by atoms with E-state index in [2.05, 4.69) is 21.2 Å². The molecule has 31 heavy (non-hydrogen) atoms. The van der Waals surface area contributed by atoms with Gasteiger partial charge in [0.15, 0.2) is 0 Å². The summed E-state index contributed by atoms with van der Waals surface area (Å²) in [4.78, 5) is 21.3. The largest absolute Gasteiger partial charge is 0.490 e. The number of nitrogens with one attached hydrogen (secondary N) is 1. The van der Waals surface area contributed by atoms with E-state index in [9.17, 15) is 18.0 Å². The molecule has 1 aromatic carbocycles. The van der Waals surface area contributed by atoms with Gasteiger partial charge in [-0.2, -0.15) is 13.2 Å². The maximum Gasteiger partial charge on any atom is 0.490 e. The molecule has 1 aliphatic heterocycles. The average Bonchev–Trinajstić information content (AvgIpc) is 2.81. The number of carbonyl (C=O) groups is 2. The summed E-state index contributed by atoms with van der Waals surface area (Å²) in [5.41, 5.74) is 6.56. The summed E-state index contributed by atoms with van der Waals surface area (Å²) in [7, 11) is -0.509. The number of rotatable bonds is 4. The van der Waals surface area contributed by atoms with Gasteiger partial charge >= 0.3 is 19.3 Å². The number of anilines is 1. The van der Waals surface area contributed by atoms with Gasteiger partial charge < -0.3 is 25.5 Å². The average molecular weight is 532 g/mol. The van der Waals surface area contributed by atoms with E-state index in [-0.39, 0.29) is 12.2 Å². The van der Waals surface area contributed by atoms with Crippen LogP contribution in [0.1, 0.15) is 33.3 Å². The molecule has 0 radical (unpaired) electrons. The van der Waals surface area contributed by atoms with Gasteiger partial charge in [0.25, 0.3) is 0 Å². The minimum atomic E-state index is -5.08. The molecule has 1 atom stereocenters. The van der Waals surface area contributed by atoms with E-state index < -0.39 is 36.5 Å². The number of halogens is 5. The highest BCUT2D eigenvalue weighted by Crippen LogP contribution is 2.38. The molecule has 1 fully saturated rings. The number of aliphatic carboxylic acids is 1. The molecule has 0 aromatic heterocycles. The zero-order valence-corrected chi connectivity index (χ0v) is 19.9. The van der Waals surface area contributed by atoms with Crippen LogP contribution in [0.4, 0.5) is 18.9 Å². The summed E-state index contributed by atoms with van der Waals surface area (Å²) in [6.45, 7) is 9.69. The normalized spacial score (nSPS) is 18.1. The van der Waals surface area contributed by atoms with Crippen LogP contribution in [0.2, 0.25) is 11.3 Å². The summed E-state index contributed by atoms with van der Waals surface area (Å²) in [5, 5.41) is 10.5. The van der Waals surface area contributed by atoms with Gasteiger partial charge in [0.05, 0.1) is 22.3 Å². The highest BCUT2D eigenvalue weighted by atomic mass is 79.9. The number of carboxylic acid groups (broad SMARTS) is 1. The van der Waals surface area contributed by atoms with Crippen molar-refractivity contribution in [2.45, 2.75) is 64.4 Å². The predicted molar refractivity (Wildman–Crippen MR) is 115 cm³/mol. The fourth-order valence-corrected chi connectivity index (χ4v) is 2.98. The lowest BCUT2D eigenvalue weighted by molar-refractivity contribution is -0.192. The maximum absolute atomic E-state index is 12.4. The Balaban J connectivity index is 0.000000592. The fourth-order valence-electron chi connectivity index (χ4n) is 2.39. The van der Waals surface area contributed by atoms with Gasteiger partial charge in [0.2, 0.25) is 5.91 Å². The van der Waals surface area contributed by atoms with Gasteiger partial charge in [-0.1, -0.05) is 11.6 Å². The summed E-state index contributed by atoms with van der Waals surface area (Å²) in [5.74, 6) is -3.06. The SMILES string of the molecule is Cc1c(NC(=O)C(N)CB2OC(C)(C)C(C)(C)O2)ccc(Br)c1Cl.O=C(O)C(F)(F)F. The number of hydrogen-bond acceptors (Lipinski definition) is 5. The first-order valence-corrected chi connectivity index (χ1v) is 10.2. The van der Waals surface area contributed by atoms with Crippen LogP contribution < -0.4 is 11.1 Å². The molecule has 1 heterocycles. The zero-order chi connectivity index (χ0) is 24.4. The molecule has 1 aliphatic rings. The van der Waals surface area contributed by atoms with Gasteiger partial charge in [0.1, 0.15) is 0 Å². The highest BCUT2D eigenvalue weighted by molar-refractivity contribution is 9.10. The molecular formula is C18H24BBrClF3N2O5. The van der Waals surface area contributed by atoms with Crippen molar-refractivity contribution < 1.29 is 37.2 Å². The molecule has 1 unspecified atom stereocenters. The van der Waals surface area contributed by atoms with Gasteiger partial charge in [0, 0.05) is 16.5 Å². The number of benzene rings is 1. The lowest BCUT2D eigenvalue weighted by Gasteiger charge is -2.32. The van der Waals surface area contributed by atoms with Crippen LogP contribution in [0.3, 0.4) is 0 Å². The third-order valence-electron chi connectivity index (χ3n) is 4.92. The summed E-state index contributed by atoms with van der Waals surface area (Å²) >= 11 is 9.53. The Bertz CT molecular complexity index is 823. The van der Waals surface area contributed by atoms with Gasteiger partial charge in [-0.05, 0) is 68.2 Å². The molecule has 4 N–H and O–H groups in total. The Morgan fingerprint density at radius 3 is 2.13 bits per heavy atom. The first kappa shape index (κ1) is 27.7. The highest BCUT2D eigenvalue weighted by Gasteiger charge is 2.51. The molecule has 7 nitrogen and oxygen atoms in total. The van der Waals surface area contributed by atoms with E-state index in [0.717, 1.165) is 10.0 Å². The van der Waals surface area contributed by atoms with E-state index in [1.807, 2.05) is 34.6 Å². The molecule has 1 saturated heterocycles. The van der Waals surface area contributed by atoms with Gasteiger partial charge in [-0.15, -0.1) is 0 Å². The summed E-state index contributed by atoms with van der Waals surface area (Å²) in [6, 6.07) is 2.82. The van der Waals surface area contributed by atoms with Crippen molar-refractivity contribution in [3.05, 3.63) is 27.2 Å². The van der Waals surface area contributed by atoms with Crippen molar-refractivity contribution in [3.63, 3.8) is 0 Å². The summed E-state index contributed by atoms with van der Waals surface area (Å²) in [6.07, 6.45) is -4.80. The number of hydrogen-bond donors (Lipinski definition) is 3. The monoisotopic (exact) mass is 530 g/mol. The van der Waals surface area contributed by atoms with Crippen molar-refractivity contribution in [2.75, 3.05) is 5.32 Å². The first-order valence-electron chi connectivity index (χ1n) is 9.06. The Morgan fingerprint density at radius 1 is 1.26 bits per heavy atom. The molecule has 0 saturated carbocycles. The molecule has 0 aliphatic carbocycles. The van der Waals surface area contributed by atoms with Crippen molar-refractivity contribution >= 4 is 52.2 Å². The van der Waals surface area contributed by atoms with Gasteiger partial charge in [-0.25, -0.2) is 4.79 Å². The van der Waals surface area contributed by atoms with E-state index >= 15 is 0 Å². The molecular weight excluding hydrogens is 507 g/mol. The second kappa shape index (κ2) is 10.1. The zero-order valence-electron chi connectivity index (χ0n) is 17.6. The quantitative estimate of drug-likeness (QED) is 0.497. The number of nitrogens with two attached hydrogens (primary N) is 1. The van der Waals surface area contributed by atoms with E-state index in [0.29, 0.717) is 10.7 Å². The third kappa shape index (κ3) is 7.35. The molecule has 2 rings (SSSR count). The van der Waals surface area contributed by atoms with Crippen molar-refractivity contribution in [1.29, 1.82) is 0 Å². The van der Waals surface area contributed by atoms with Crippen LogP contribution in [-0.2, 0) is 18.9 Å². The number of carboxylic acids is 1. The van der Waals surface area contributed by atoms with Crippen molar-refractivity contribution in [2.24, 2.45) is 5.73 Å². The maximum atomic E-state index is 12.4. The molecule has 174 valence electrons. The molecule has 1 amide bonds. The fraction of sp³-hybridized carbons (Fsp3) is 0.556. The Kier molecular flexibility index (Phi) is 9.00. The van der Waals surface area contributed by atoms with Crippen LogP contribution in [0.25, 0.3) is 0 Å². The van der Waals surface area contributed by atoms with Crippen LogP contribution in [0, 0.1) is 6.92 Å². The van der Waals surface area contributed by atoms with E-state index in [4.69, 9.17) is 36.5 Å². The van der Waals surface area contributed by atoms with Crippen LogP contribution in [0.5, 0.6) is 0 Å². The smallest absolute Gasteiger partial charge is 0.475 e. The number of amides is 1. The van der Waals surface area contributed by atoms with Crippen LogP contribution in [0.15, 0.2) is 16.6 Å². The molecule has 0 spiro atoms. The van der Waals surface area contributed by atoms with Crippen molar-refractivity contribution in [1.82, 2.24) is 0 Å². The second-order valence-electron chi connectivity index (χ2n) is 7.85. The Labute approximate surface area is 192 Å². The van der Waals surface area contributed by atoms with Crippen LogP contribution >= 0.6 is 27.5 Å². The van der Waals surface area contributed by atoms with E-state index in [1.165, 1.54) is 0 Å². The predicted octanol–water partition coefficient (Wildman–Crippen LogP) is 4.40. The number of alkyl halides is 3. The Morgan fingerprint density at radius 2 is 1.71 bits per heavy atom. The summed E-state index contributed by atoms with van der Waals surface area (Å²) < 4.78 is 44.3. The molecule has 1 aromatic rings. The standard InChI is InChI=1S/C16H23BBrClN2O3.C2HF3O2/c1-9-12(7-6-10(18)13(9)19)21-14(22)11(20)8-17-23-15(2,3)16(4,5)24-17;3-2(4,5)1(6)7/h6-7,11H,8,20H2,1-5H3,(H,21,22);(H,6,7). The minimum absolute atomic E-state index is 0.280. The third-order valence-corrected chi connectivity index (χ3v) is 6.30. The molecule has 0 bridgehead atoms. The topological polar surface area (TPSA) is 111 Å². The van der Waals surface area contributed by atoms with Crippen LogP contribution in [-0.4, -0.2) is 47.5 Å². The molecule has 13 heteroatoms. The Hall–Kier alpha value is -1.34. The lowest BCUT2D eigenvalue weighted by Crippen LogP contribution is -2.41. The van der Waals surface area contributed by atoms with Crippen molar-refractivity contribution in [3.8, 4) is 0 Å². The lowest BCUT2D eigenvalue weighted by atomic mass is 9.80. The first-order chi connectivity index (χ1) is 13.9. The van der Waals surface area contributed by atoms with E-state index in [1.54, 1.807) is 12.1 Å². The number of carbonyl (C=O) groups excluding carboxylic acids is 1. The minimum Gasteiger partial charge on any atom is -0.475 e.